The molecule has 2 heteroatoms. The lowest BCUT2D eigenvalue weighted by atomic mass is 9.80. The Kier molecular flexibility index (Phi) is 3.15. The molecule has 15 heavy (non-hydrogen) atoms. The van der Waals surface area contributed by atoms with E-state index in [2.05, 4.69) is 25.2 Å². The van der Waals surface area contributed by atoms with Crippen LogP contribution in [0.25, 0.3) is 0 Å². The average Bonchev–Trinajstić information content (AvgIpc) is 2.98. The maximum atomic E-state index is 5.46. The fraction of sp³-hybridized carbons (Fsp3) is 0.692. The molecule has 2 rings (SSSR count). The second kappa shape index (κ2) is 4.40. The maximum Gasteiger partial charge on any atom is 0.104 e. The molecule has 1 unspecified atom stereocenters. The van der Waals surface area contributed by atoms with Gasteiger partial charge in [0.05, 0.1) is 6.26 Å². The Balaban J connectivity index is 1.98. The lowest BCUT2D eigenvalue weighted by molar-refractivity contribution is 0.240. The minimum absolute atomic E-state index is 0.383. The van der Waals surface area contributed by atoms with E-state index in [4.69, 9.17) is 4.42 Å². The van der Waals surface area contributed by atoms with E-state index in [1.165, 1.54) is 12.8 Å². The molecule has 1 atom stereocenters. The zero-order valence-corrected chi connectivity index (χ0v) is 9.75. The Morgan fingerprint density at radius 2 is 2.33 bits per heavy atom. The fourth-order valence-electron chi connectivity index (χ4n) is 2.35. The van der Waals surface area contributed by atoms with Crippen molar-refractivity contribution in [2.75, 3.05) is 13.1 Å². The Morgan fingerprint density at radius 3 is 2.87 bits per heavy atom. The van der Waals surface area contributed by atoms with E-state index in [0.717, 1.165) is 31.2 Å². The summed E-state index contributed by atoms with van der Waals surface area (Å²) in [5.41, 5.74) is 0.383. The van der Waals surface area contributed by atoms with Crippen molar-refractivity contribution in [3.63, 3.8) is 0 Å². The molecule has 1 aliphatic carbocycles. The van der Waals surface area contributed by atoms with Crippen LogP contribution in [0.1, 0.15) is 32.4 Å². The summed E-state index contributed by atoms with van der Waals surface area (Å²) in [5, 5.41) is 3.48. The topological polar surface area (TPSA) is 25.2 Å². The quantitative estimate of drug-likeness (QED) is 0.776. The van der Waals surface area contributed by atoms with E-state index in [0.29, 0.717) is 5.41 Å². The summed E-state index contributed by atoms with van der Waals surface area (Å²) in [4.78, 5) is 0. The average molecular weight is 207 g/mol. The molecule has 0 bridgehead atoms. The molecule has 0 spiro atoms. The minimum Gasteiger partial charge on any atom is -0.469 e. The molecule has 84 valence electrons. The molecule has 1 saturated carbocycles. The molecule has 2 nitrogen and oxygen atoms in total. The molecule has 0 saturated heterocycles. The second-order valence-electron chi connectivity index (χ2n) is 4.96. The summed E-state index contributed by atoms with van der Waals surface area (Å²) in [6.45, 7) is 6.71. The van der Waals surface area contributed by atoms with Gasteiger partial charge in [-0.05, 0) is 42.9 Å². The Hall–Kier alpha value is -0.760. The third-order valence-corrected chi connectivity index (χ3v) is 3.50. The molecule has 0 amide bonds. The highest BCUT2D eigenvalue weighted by Crippen LogP contribution is 2.47. The van der Waals surface area contributed by atoms with Gasteiger partial charge in [0, 0.05) is 13.0 Å². The molecule has 0 aromatic carbocycles. The smallest absolute Gasteiger partial charge is 0.104 e. The number of hydrogen-bond acceptors (Lipinski definition) is 2. The standard InChI is InChI=1S/C13H21NO/c1-3-14-10-13(2,11-6-7-11)9-12-5-4-8-15-12/h4-5,8,11,14H,3,6-7,9-10H2,1-2H3. The minimum atomic E-state index is 0.383. The first-order valence-electron chi connectivity index (χ1n) is 5.98. The molecular weight excluding hydrogens is 186 g/mol. The van der Waals surface area contributed by atoms with E-state index < -0.39 is 0 Å². The van der Waals surface area contributed by atoms with Crippen LogP contribution in [0, 0.1) is 11.3 Å². The van der Waals surface area contributed by atoms with Crippen LogP contribution in [0.3, 0.4) is 0 Å². The van der Waals surface area contributed by atoms with Gasteiger partial charge in [0.2, 0.25) is 0 Å². The van der Waals surface area contributed by atoms with Gasteiger partial charge in [0.25, 0.3) is 0 Å². The molecule has 0 radical (unpaired) electrons. The number of rotatable bonds is 6. The van der Waals surface area contributed by atoms with Crippen LogP contribution < -0.4 is 5.32 Å². The van der Waals surface area contributed by atoms with Crippen molar-refractivity contribution < 1.29 is 4.42 Å². The maximum absolute atomic E-state index is 5.46. The highest BCUT2D eigenvalue weighted by molar-refractivity contribution is 5.05. The monoisotopic (exact) mass is 207 g/mol. The molecule has 1 heterocycles. The highest BCUT2D eigenvalue weighted by Gasteiger charge is 2.41. The first-order valence-corrected chi connectivity index (χ1v) is 5.98. The zero-order chi connectivity index (χ0) is 10.7. The van der Waals surface area contributed by atoms with Gasteiger partial charge in [-0.25, -0.2) is 0 Å². The lowest BCUT2D eigenvalue weighted by Crippen LogP contribution is -2.35. The molecule has 1 aliphatic rings. The van der Waals surface area contributed by atoms with Crippen molar-refractivity contribution in [3.05, 3.63) is 24.2 Å². The molecule has 1 aromatic heterocycles. The van der Waals surface area contributed by atoms with E-state index in [1.54, 1.807) is 6.26 Å². The van der Waals surface area contributed by atoms with Gasteiger partial charge in [-0.3, -0.25) is 0 Å². The zero-order valence-electron chi connectivity index (χ0n) is 9.75. The van der Waals surface area contributed by atoms with Crippen LogP contribution in [-0.4, -0.2) is 13.1 Å². The summed E-state index contributed by atoms with van der Waals surface area (Å²) in [7, 11) is 0. The molecule has 1 fully saturated rings. The van der Waals surface area contributed by atoms with Gasteiger partial charge in [0.1, 0.15) is 5.76 Å². The van der Waals surface area contributed by atoms with Gasteiger partial charge in [0.15, 0.2) is 0 Å². The summed E-state index contributed by atoms with van der Waals surface area (Å²) in [6.07, 6.45) is 5.62. The number of hydrogen-bond donors (Lipinski definition) is 1. The predicted molar refractivity (Wildman–Crippen MR) is 61.8 cm³/mol. The highest BCUT2D eigenvalue weighted by atomic mass is 16.3. The number of furan rings is 1. The SMILES string of the molecule is CCNCC(C)(Cc1ccco1)C1CC1. The fourth-order valence-corrected chi connectivity index (χ4v) is 2.35. The van der Waals surface area contributed by atoms with Gasteiger partial charge in [-0.15, -0.1) is 0 Å². The Morgan fingerprint density at radius 1 is 1.53 bits per heavy atom. The Labute approximate surface area is 92.1 Å². The summed E-state index contributed by atoms with van der Waals surface area (Å²) in [5.74, 6) is 2.02. The third kappa shape index (κ3) is 2.63. The second-order valence-corrected chi connectivity index (χ2v) is 4.96. The van der Waals surface area contributed by atoms with Crippen molar-refractivity contribution in [1.29, 1.82) is 0 Å². The van der Waals surface area contributed by atoms with Crippen LogP contribution in [0.15, 0.2) is 22.8 Å². The van der Waals surface area contributed by atoms with E-state index >= 15 is 0 Å². The van der Waals surface area contributed by atoms with Crippen molar-refractivity contribution in [1.82, 2.24) is 5.32 Å². The summed E-state index contributed by atoms with van der Waals surface area (Å²) >= 11 is 0. The first-order chi connectivity index (χ1) is 7.24. The van der Waals surface area contributed by atoms with Crippen molar-refractivity contribution in [3.8, 4) is 0 Å². The largest absolute Gasteiger partial charge is 0.469 e. The van der Waals surface area contributed by atoms with Gasteiger partial charge < -0.3 is 9.73 Å². The van der Waals surface area contributed by atoms with E-state index in [-0.39, 0.29) is 0 Å². The van der Waals surface area contributed by atoms with Crippen LogP contribution in [-0.2, 0) is 6.42 Å². The lowest BCUT2D eigenvalue weighted by Gasteiger charge is -2.29. The first kappa shape index (κ1) is 10.7. The van der Waals surface area contributed by atoms with Gasteiger partial charge >= 0.3 is 0 Å². The van der Waals surface area contributed by atoms with Crippen LogP contribution in [0.4, 0.5) is 0 Å². The molecule has 1 aromatic rings. The van der Waals surface area contributed by atoms with Gasteiger partial charge in [-0.1, -0.05) is 13.8 Å². The predicted octanol–water partition coefficient (Wildman–Crippen LogP) is 2.85. The Bertz CT molecular complexity index is 289. The summed E-state index contributed by atoms with van der Waals surface area (Å²) in [6, 6.07) is 4.07. The van der Waals surface area contributed by atoms with Crippen molar-refractivity contribution in [2.45, 2.75) is 33.1 Å². The third-order valence-electron chi connectivity index (χ3n) is 3.50. The summed E-state index contributed by atoms with van der Waals surface area (Å²) < 4.78 is 5.46. The number of nitrogens with one attached hydrogen (secondary N) is 1. The molecule has 1 N–H and O–H groups in total. The van der Waals surface area contributed by atoms with Crippen LogP contribution in [0.5, 0.6) is 0 Å². The van der Waals surface area contributed by atoms with Gasteiger partial charge in [-0.2, -0.15) is 0 Å². The van der Waals surface area contributed by atoms with Crippen molar-refractivity contribution in [2.24, 2.45) is 11.3 Å². The van der Waals surface area contributed by atoms with Crippen LogP contribution in [0.2, 0.25) is 0 Å². The normalized spacial score (nSPS) is 20.1. The molecular formula is C13H21NO. The van der Waals surface area contributed by atoms with E-state index in [9.17, 15) is 0 Å². The van der Waals surface area contributed by atoms with Crippen molar-refractivity contribution >= 4 is 0 Å². The molecule has 0 aliphatic heterocycles. The van der Waals surface area contributed by atoms with E-state index in [1.807, 2.05) is 6.07 Å². The van der Waals surface area contributed by atoms with Crippen LogP contribution >= 0.6 is 0 Å².